The van der Waals surface area contributed by atoms with Gasteiger partial charge in [0.15, 0.2) is 0 Å². The lowest BCUT2D eigenvalue weighted by molar-refractivity contribution is -0.134. The molecule has 1 aromatic rings. The minimum Gasteiger partial charge on any atom is -0.506 e. The van der Waals surface area contributed by atoms with E-state index in [1.165, 1.54) is 19.3 Å². The highest BCUT2D eigenvalue weighted by Gasteiger charge is 1.96. The van der Waals surface area contributed by atoms with Crippen LogP contribution in [0.5, 0.6) is 5.75 Å². The Morgan fingerprint density at radius 3 is 2.86 bits per heavy atom. The minimum absolute atomic E-state index is 0.0280. The third-order valence-electron chi connectivity index (χ3n) is 1.66. The largest absolute Gasteiger partial charge is 0.506 e. The van der Waals surface area contributed by atoms with Crippen LogP contribution in [0.3, 0.4) is 0 Å². The number of hydrogen-bond donors (Lipinski definition) is 2. The number of anilines is 1. The molecular weight excluding hydrogens is 182 g/mol. The summed E-state index contributed by atoms with van der Waals surface area (Å²) in [5.41, 5.74) is 6.46. The van der Waals surface area contributed by atoms with Crippen molar-refractivity contribution >= 4 is 17.7 Å². The van der Waals surface area contributed by atoms with Gasteiger partial charge in [0.05, 0.1) is 12.8 Å². The molecule has 0 saturated carbocycles. The summed E-state index contributed by atoms with van der Waals surface area (Å²) >= 11 is 0. The van der Waals surface area contributed by atoms with Crippen molar-refractivity contribution in [1.82, 2.24) is 0 Å². The van der Waals surface area contributed by atoms with Gasteiger partial charge in [-0.25, -0.2) is 4.79 Å². The lowest BCUT2D eigenvalue weighted by Gasteiger charge is -1.99. The first-order valence-electron chi connectivity index (χ1n) is 3.98. The molecule has 0 saturated heterocycles. The summed E-state index contributed by atoms with van der Waals surface area (Å²) in [6.07, 6.45) is 2.84. The number of phenols is 1. The van der Waals surface area contributed by atoms with E-state index in [9.17, 15) is 4.79 Å². The van der Waals surface area contributed by atoms with Crippen LogP contribution < -0.4 is 5.73 Å². The van der Waals surface area contributed by atoms with E-state index in [2.05, 4.69) is 4.74 Å². The number of nitrogen functional groups attached to an aromatic ring is 1. The van der Waals surface area contributed by atoms with E-state index in [4.69, 9.17) is 10.8 Å². The van der Waals surface area contributed by atoms with Gasteiger partial charge in [-0.05, 0) is 23.8 Å². The molecule has 0 aliphatic heterocycles. The number of carbonyl (C=O) groups excluding carboxylic acids is 1. The predicted octanol–water partition coefficient (Wildman–Crippen LogP) is 1.16. The Morgan fingerprint density at radius 2 is 2.29 bits per heavy atom. The number of hydrogen-bond acceptors (Lipinski definition) is 4. The Bertz CT molecular complexity index is 372. The Hall–Kier alpha value is -1.97. The molecule has 0 bridgehead atoms. The molecule has 1 rings (SSSR count). The topological polar surface area (TPSA) is 72.5 Å². The third kappa shape index (κ3) is 2.52. The fraction of sp³-hybridized carbons (Fsp3) is 0.100. The second-order valence-electron chi connectivity index (χ2n) is 2.67. The van der Waals surface area contributed by atoms with Gasteiger partial charge in [-0.1, -0.05) is 6.07 Å². The van der Waals surface area contributed by atoms with E-state index < -0.39 is 5.97 Å². The molecule has 4 nitrogen and oxygen atoms in total. The van der Waals surface area contributed by atoms with E-state index in [0.717, 1.165) is 5.56 Å². The van der Waals surface area contributed by atoms with Gasteiger partial charge < -0.3 is 15.6 Å². The molecule has 0 radical (unpaired) electrons. The second kappa shape index (κ2) is 4.32. The van der Waals surface area contributed by atoms with Crippen molar-refractivity contribution in [3.05, 3.63) is 29.8 Å². The number of methoxy groups -OCH3 is 1. The summed E-state index contributed by atoms with van der Waals surface area (Å²) in [6, 6.07) is 4.67. The first-order chi connectivity index (χ1) is 6.63. The molecule has 0 aromatic heterocycles. The lowest BCUT2D eigenvalue weighted by atomic mass is 10.2. The normalized spacial score (nSPS) is 10.4. The van der Waals surface area contributed by atoms with Crippen molar-refractivity contribution in [3.8, 4) is 5.75 Å². The van der Waals surface area contributed by atoms with Crippen LogP contribution in [0.1, 0.15) is 5.56 Å². The van der Waals surface area contributed by atoms with Gasteiger partial charge in [0, 0.05) is 6.08 Å². The SMILES string of the molecule is COC(=O)C=Cc1ccc(O)c(N)c1. The number of rotatable bonds is 2. The molecule has 4 heteroatoms. The van der Waals surface area contributed by atoms with Crippen LogP contribution in [0, 0.1) is 0 Å². The van der Waals surface area contributed by atoms with Crippen molar-refractivity contribution in [2.45, 2.75) is 0 Å². The van der Waals surface area contributed by atoms with Gasteiger partial charge in [0.2, 0.25) is 0 Å². The Kier molecular flexibility index (Phi) is 3.12. The van der Waals surface area contributed by atoms with Gasteiger partial charge in [-0.3, -0.25) is 0 Å². The standard InChI is InChI=1S/C10H11NO3/c1-14-10(13)5-3-7-2-4-9(12)8(11)6-7/h2-6,12H,11H2,1H3. The number of phenolic OH excluding ortho intramolecular Hbond substituents is 1. The van der Waals surface area contributed by atoms with Gasteiger partial charge in [0.25, 0.3) is 0 Å². The van der Waals surface area contributed by atoms with E-state index in [-0.39, 0.29) is 11.4 Å². The molecule has 0 aliphatic rings. The number of aromatic hydroxyl groups is 1. The molecule has 74 valence electrons. The molecule has 0 unspecified atom stereocenters. The van der Waals surface area contributed by atoms with Crippen molar-refractivity contribution < 1.29 is 14.6 Å². The highest BCUT2D eigenvalue weighted by atomic mass is 16.5. The molecule has 0 heterocycles. The molecule has 14 heavy (non-hydrogen) atoms. The molecule has 0 atom stereocenters. The molecular formula is C10H11NO3. The van der Waals surface area contributed by atoms with Crippen LogP contribution in [0.25, 0.3) is 6.08 Å². The quantitative estimate of drug-likeness (QED) is 0.320. The van der Waals surface area contributed by atoms with E-state index in [1.54, 1.807) is 18.2 Å². The van der Waals surface area contributed by atoms with Gasteiger partial charge in [-0.2, -0.15) is 0 Å². The van der Waals surface area contributed by atoms with Crippen LogP contribution >= 0.6 is 0 Å². The highest BCUT2D eigenvalue weighted by Crippen LogP contribution is 2.20. The molecule has 0 amide bonds. The molecule has 3 N–H and O–H groups in total. The number of nitrogens with two attached hydrogens (primary N) is 1. The van der Waals surface area contributed by atoms with Crippen LogP contribution in [0.4, 0.5) is 5.69 Å². The van der Waals surface area contributed by atoms with E-state index in [0.29, 0.717) is 0 Å². The fourth-order valence-corrected chi connectivity index (χ4v) is 0.909. The van der Waals surface area contributed by atoms with Gasteiger partial charge in [-0.15, -0.1) is 0 Å². The van der Waals surface area contributed by atoms with E-state index >= 15 is 0 Å². The number of esters is 1. The zero-order valence-corrected chi connectivity index (χ0v) is 7.73. The fourth-order valence-electron chi connectivity index (χ4n) is 0.909. The summed E-state index contributed by atoms with van der Waals surface area (Å²) < 4.78 is 4.42. The molecule has 0 aliphatic carbocycles. The molecule has 0 fully saturated rings. The predicted molar refractivity (Wildman–Crippen MR) is 53.6 cm³/mol. The van der Waals surface area contributed by atoms with Crippen molar-refractivity contribution in [3.63, 3.8) is 0 Å². The van der Waals surface area contributed by atoms with Gasteiger partial charge >= 0.3 is 5.97 Å². The molecule has 1 aromatic carbocycles. The van der Waals surface area contributed by atoms with Crippen LogP contribution in [-0.2, 0) is 9.53 Å². The first-order valence-corrected chi connectivity index (χ1v) is 3.98. The third-order valence-corrected chi connectivity index (χ3v) is 1.66. The zero-order valence-electron chi connectivity index (χ0n) is 7.73. The van der Waals surface area contributed by atoms with Crippen molar-refractivity contribution in [2.75, 3.05) is 12.8 Å². The minimum atomic E-state index is -0.434. The summed E-state index contributed by atoms with van der Waals surface area (Å²) in [7, 11) is 1.30. The number of ether oxygens (including phenoxy) is 1. The average molecular weight is 193 g/mol. The Labute approximate surface area is 81.6 Å². The lowest BCUT2D eigenvalue weighted by Crippen LogP contribution is -1.93. The highest BCUT2D eigenvalue weighted by molar-refractivity contribution is 5.87. The number of carbonyl (C=O) groups is 1. The monoisotopic (exact) mass is 193 g/mol. The summed E-state index contributed by atoms with van der Waals surface area (Å²) in [5.74, 6) is -0.406. The van der Waals surface area contributed by atoms with Crippen molar-refractivity contribution in [2.24, 2.45) is 0 Å². The summed E-state index contributed by atoms with van der Waals surface area (Å²) in [6.45, 7) is 0. The van der Waals surface area contributed by atoms with E-state index in [1.807, 2.05) is 0 Å². The smallest absolute Gasteiger partial charge is 0.330 e. The van der Waals surface area contributed by atoms with Crippen LogP contribution in [-0.4, -0.2) is 18.2 Å². The molecule has 0 spiro atoms. The first kappa shape index (κ1) is 10.1. The second-order valence-corrected chi connectivity index (χ2v) is 2.67. The summed E-state index contributed by atoms with van der Waals surface area (Å²) in [4.78, 5) is 10.7. The Balaban J connectivity index is 2.83. The van der Waals surface area contributed by atoms with Gasteiger partial charge in [0.1, 0.15) is 5.75 Å². The van der Waals surface area contributed by atoms with Crippen molar-refractivity contribution in [1.29, 1.82) is 0 Å². The average Bonchev–Trinajstić information content (AvgIpc) is 2.19. The number of benzene rings is 1. The Morgan fingerprint density at radius 1 is 1.57 bits per heavy atom. The van der Waals surface area contributed by atoms with Crippen LogP contribution in [0.2, 0.25) is 0 Å². The van der Waals surface area contributed by atoms with Crippen LogP contribution in [0.15, 0.2) is 24.3 Å². The zero-order chi connectivity index (χ0) is 10.6. The maximum atomic E-state index is 10.7. The summed E-state index contributed by atoms with van der Waals surface area (Å²) in [5, 5.41) is 9.13. The maximum absolute atomic E-state index is 10.7. The maximum Gasteiger partial charge on any atom is 0.330 e.